The van der Waals surface area contributed by atoms with E-state index in [1.54, 1.807) is 24.5 Å². The number of benzene rings is 1. The molecule has 1 unspecified atom stereocenters. The van der Waals surface area contributed by atoms with Gasteiger partial charge in [-0.3, -0.25) is 4.98 Å². The molecule has 2 heterocycles. The van der Waals surface area contributed by atoms with Crippen LogP contribution in [0.25, 0.3) is 22.2 Å². The van der Waals surface area contributed by atoms with Crippen molar-refractivity contribution < 1.29 is 19.1 Å². The second kappa shape index (κ2) is 7.09. The highest BCUT2D eigenvalue weighted by molar-refractivity contribution is 6.05. The van der Waals surface area contributed by atoms with Gasteiger partial charge in [0.05, 0.1) is 23.9 Å². The van der Waals surface area contributed by atoms with Gasteiger partial charge in [-0.25, -0.2) is 14.6 Å². The van der Waals surface area contributed by atoms with Crippen molar-refractivity contribution in [1.29, 1.82) is 0 Å². The Morgan fingerprint density at radius 1 is 1.08 bits per heavy atom. The summed E-state index contributed by atoms with van der Waals surface area (Å²) >= 11 is 0. The fourth-order valence-corrected chi connectivity index (χ4v) is 2.45. The van der Waals surface area contributed by atoms with E-state index in [9.17, 15) is 9.59 Å². The lowest BCUT2D eigenvalue weighted by atomic mass is 10.0. The van der Waals surface area contributed by atoms with Gasteiger partial charge in [0.2, 0.25) is 0 Å². The maximum atomic E-state index is 12.6. The van der Waals surface area contributed by atoms with Gasteiger partial charge in [-0.05, 0) is 31.2 Å². The summed E-state index contributed by atoms with van der Waals surface area (Å²) in [4.78, 5) is 32.7. The summed E-state index contributed by atoms with van der Waals surface area (Å²) in [5, 5.41) is 0.655. The van der Waals surface area contributed by atoms with Crippen molar-refractivity contribution >= 4 is 22.8 Å². The second-order valence-electron chi connectivity index (χ2n) is 5.38. The molecule has 0 radical (unpaired) electrons. The van der Waals surface area contributed by atoms with Crippen molar-refractivity contribution in [2.75, 3.05) is 7.11 Å². The molecular weight excluding hydrogens is 320 g/mol. The van der Waals surface area contributed by atoms with Crippen LogP contribution >= 0.6 is 0 Å². The molecule has 1 aromatic carbocycles. The normalized spacial score (nSPS) is 11.8. The third-order valence-electron chi connectivity index (χ3n) is 3.73. The minimum atomic E-state index is -0.992. The van der Waals surface area contributed by atoms with Gasteiger partial charge in [-0.2, -0.15) is 0 Å². The standard InChI is InChI=1S/C19H16N2O4/c1-12(18(22)24-2)25-19(23)15-11-17(13-7-9-20-10-8-13)21-16-6-4-3-5-14(15)16/h3-12H,1-2H3. The quantitative estimate of drug-likeness (QED) is 0.682. The molecule has 0 N–H and O–H groups in total. The van der Waals surface area contributed by atoms with E-state index in [1.807, 2.05) is 30.3 Å². The van der Waals surface area contributed by atoms with E-state index in [4.69, 9.17) is 4.74 Å². The van der Waals surface area contributed by atoms with Gasteiger partial charge in [0.15, 0.2) is 6.10 Å². The van der Waals surface area contributed by atoms with E-state index in [0.717, 1.165) is 5.56 Å². The SMILES string of the molecule is COC(=O)C(C)OC(=O)c1cc(-c2ccncc2)nc2ccccc12. The van der Waals surface area contributed by atoms with Crippen molar-refractivity contribution in [1.82, 2.24) is 9.97 Å². The Hall–Kier alpha value is -3.28. The van der Waals surface area contributed by atoms with Gasteiger partial charge in [0.1, 0.15) is 0 Å². The lowest BCUT2D eigenvalue weighted by Gasteiger charge is -2.13. The molecule has 1 atom stereocenters. The number of aromatic nitrogens is 2. The maximum Gasteiger partial charge on any atom is 0.346 e. The third-order valence-corrected chi connectivity index (χ3v) is 3.73. The fourth-order valence-electron chi connectivity index (χ4n) is 2.45. The van der Waals surface area contributed by atoms with Gasteiger partial charge in [-0.15, -0.1) is 0 Å². The molecule has 0 aliphatic heterocycles. The summed E-state index contributed by atoms with van der Waals surface area (Å²) in [6.45, 7) is 1.47. The average Bonchev–Trinajstić information content (AvgIpc) is 2.66. The Kier molecular flexibility index (Phi) is 4.70. The number of pyridine rings is 2. The van der Waals surface area contributed by atoms with E-state index in [1.165, 1.54) is 14.0 Å². The molecule has 0 aliphatic carbocycles. The highest BCUT2D eigenvalue weighted by Gasteiger charge is 2.21. The zero-order valence-electron chi connectivity index (χ0n) is 13.8. The predicted octanol–water partition coefficient (Wildman–Crippen LogP) is 3.02. The predicted molar refractivity (Wildman–Crippen MR) is 91.9 cm³/mol. The molecule has 0 aliphatic rings. The fraction of sp³-hybridized carbons (Fsp3) is 0.158. The smallest absolute Gasteiger partial charge is 0.346 e. The molecule has 0 bridgehead atoms. The van der Waals surface area contributed by atoms with Crippen LogP contribution in [-0.2, 0) is 14.3 Å². The number of para-hydroxylation sites is 1. The second-order valence-corrected chi connectivity index (χ2v) is 5.38. The first kappa shape index (κ1) is 16.6. The number of carbonyl (C=O) groups excluding carboxylic acids is 2. The first-order chi connectivity index (χ1) is 12.1. The van der Waals surface area contributed by atoms with E-state index < -0.39 is 18.0 Å². The summed E-state index contributed by atoms with van der Waals surface area (Å²) in [7, 11) is 1.25. The molecule has 2 aromatic heterocycles. The first-order valence-electron chi connectivity index (χ1n) is 7.69. The number of rotatable bonds is 4. The van der Waals surface area contributed by atoms with E-state index in [0.29, 0.717) is 22.2 Å². The van der Waals surface area contributed by atoms with Gasteiger partial charge in [0, 0.05) is 23.3 Å². The zero-order valence-corrected chi connectivity index (χ0v) is 13.8. The zero-order chi connectivity index (χ0) is 17.8. The molecule has 0 saturated heterocycles. The van der Waals surface area contributed by atoms with E-state index in [2.05, 4.69) is 14.7 Å². The average molecular weight is 336 g/mol. The molecule has 0 fully saturated rings. The van der Waals surface area contributed by atoms with Crippen LogP contribution in [0.1, 0.15) is 17.3 Å². The lowest BCUT2D eigenvalue weighted by molar-refractivity contribution is -0.149. The number of carbonyl (C=O) groups is 2. The van der Waals surface area contributed by atoms with Crippen molar-refractivity contribution in [3.05, 3.63) is 60.4 Å². The maximum absolute atomic E-state index is 12.6. The summed E-state index contributed by atoms with van der Waals surface area (Å²) in [5.41, 5.74) is 2.46. The van der Waals surface area contributed by atoms with Crippen LogP contribution in [0.3, 0.4) is 0 Å². The number of hydrogen-bond acceptors (Lipinski definition) is 6. The van der Waals surface area contributed by atoms with E-state index >= 15 is 0 Å². The number of esters is 2. The Morgan fingerprint density at radius 2 is 1.80 bits per heavy atom. The van der Waals surface area contributed by atoms with Gasteiger partial charge in [0.25, 0.3) is 0 Å². The minimum absolute atomic E-state index is 0.341. The molecule has 0 amide bonds. The van der Waals surface area contributed by atoms with Crippen LogP contribution in [0.5, 0.6) is 0 Å². The Balaban J connectivity index is 2.07. The van der Waals surface area contributed by atoms with Gasteiger partial charge in [-0.1, -0.05) is 18.2 Å². The largest absolute Gasteiger partial charge is 0.466 e. The monoisotopic (exact) mass is 336 g/mol. The number of ether oxygens (including phenoxy) is 2. The Morgan fingerprint density at radius 3 is 2.52 bits per heavy atom. The third kappa shape index (κ3) is 3.47. The van der Waals surface area contributed by atoms with Crippen LogP contribution in [-0.4, -0.2) is 35.1 Å². The summed E-state index contributed by atoms with van der Waals surface area (Å²) < 4.78 is 9.83. The molecule has 25 heavy (non-hydrogen) atoms. The molecule has 126 valence electrons. The van der Waals surface area contributed by atoms with Gasteiger partial charge < -0.3 is 9.47 Å². The lowest BCUT2D eigenvalue weighted by Crippen LogP contribution is -2.25. The molecule has 3 aromatic rings. The van der Waals surface area contributed by atoms with Crippen molar-refractivity contribution in [3.8, 4) is 11.3 Å². The summed E-state index contributed by atoms with van der Waals surface area (Å²) in [6, 6.07) is 12.5. The number of methoxy groups -OCH3 is 1. The molecular formula is C19H16N2O4. The van der Waals surface area contributed by atoms with Crippen LogP contribution < -0.4 is 0 Å². The molecule has 6 nitrogen and oxygen atoms in total. The van der Waals surface area contributed by atoms with Crippen LogP contribution in [0.2, 0.25) is 0 Å². The van der Waals surface area contributed by atoms with Crippen molar-refractivity contribution in [2.24, 2.45) is 0 Å². The van der Waals surface area contributed by atoms with Crippen LogP contribution in [0, 0.1) is 0 Å². The number of nitrogens with zero attached hydrogens (tertiary/aromatic N) is 2. The Bertz CT molecular complexity index is 925. The summed E-state index contributed by atoms with van der Waals surface area (Å²) in [5.74, 6) is -1.21. The van der Waals surface area contributed by atoms with Gasteiger partial charge >= 0.3 is 11.9 Å². The Labute approximate surface area is 144 Å². The van der Waals surface area contributed by atoms with Crippen LogP contribution in [0.4, 0.5) is 0 Å². The molecule has 6 heteroatoms. The molecule has 3 rings (SSSR count). The van der Waals surface area contributed by atoms with Crippen LogP contribution in [0.15, 0.2) is 54.9 Å². The molecule has 0 spiro atoms. The minimum Gasteiger partial charge on any atom is -0.466 e. The topological polar surface area (TPSA) is 78.4 Å². The number of fused-ring (bicyclic) bond motifs is 1. The van der Waals surface area contributed by atoms with E-state index in [-0.39, 0.29) is 0 Å². The van der Waals surface area contributed by atoms with Crippen molar-refractivity contribution in [3.63, 3.8) is 0 Å². The van der Waals surface area contributed by atoms with Crippen molar-refractivity contribution in [2.45, 2.75) is 13.0 Å². The molecule has 0 saturated carbocycles. The number of hydrogen-bond donors (Lipinski definition) is 0. The highest BCUT2D eigenvalue weighted by Crippen LogP contribution is 2.25. The summed E-state index contributed by atoms with van der Waals surface area (Å²) in [6.07, 6.45) is 2.32. The highest BCUT2D eigenvalue weighted by atomic mass is 16.6. The first-order valence-corrected chi connectivity index (χ1v) is 7.69.